The van der Waals surface area contributed by atoms with E-state index in [9.17, 15) is 0 Å². The molecule has 3 heteroatoms. The molecule has 0 spiro atoms. The van der Waals surface area contributed by atoms with Gasteiger partial charge < -0.3 is 0 Å². The molecule has 1 aromatic heterocycles. The highest BCUT2D eigenvalue weighted by Crippen LogP contribution is 2.29. The Hall–Kier alpha value is -0.500. The molecular formula is C12H10Cl2S. The van der Waals surface area contributed by atoms with Crippen molar-refractivity contribution >= 4 is 34.5 Å². The van der Waals surface area contributed by atoms with E-state index in [2.05, 4.69) is 11.4 Å². The van der Waals surface area contributed by atoms with E-state index >= 15 is 0 Å². The minimum atomic E-state index is 0.0103. The second-order valence-electron chi connectivity index (χ2n) is 3.32. The average Bonchev–Trinajstić information content (AvgIpc) is 2.74. The second-order valence-corrected chi connectivity index (χ2v) is 5.03. The Kier molecular flexibility index (Phi) is 3.68. The molecule has 0 aliphatic rings. The van der Waals surface area contributed by atoms with Crippen LogP contribution in [-0.4, -0.2) is 0 Å². The summed E-state index contributed by atoms with van der Waals surface area (Å²) in [6, 6.07) is 9.88. The lowest BCUT2D eigenvalue weighted by molar-refractivity contribution is 0.925. The second kappa shape index (κ2) is 5.02. The maximum atomic E-state index is 6.30. The molecule has 0 saturated carbocycles. The third kappa shape index (κ3) is 2.75. The Morgan fingerprint density at radius 3 is 2.67 bits per heavy atom. The highest BCUT2D eigenvalue weighted by molar-refractivity contribution is 7.08. The van der Waals surface area contributed by atoms with Crippen LogP contribution >= 0.6 is 34.5 Å². The number of benzene rings is 1. The molecule has 0 radical (unpaired) electrons. The molecule has 1 atom stereocenters. The van der Waals surface area contributed by atoms with E-state index in [1.165, 1.54) is 5.56 Å². The lowest BCUT2D eigenvalue weighted by Gasteiger charge is -2.08. The molecule has 1 aromatic carbocycles. The van der Waals surface area contributed by atoms with Crippen molar-refractivity contribution in [3.63, 3.8) is 0 Å². The van der Waals surface area contributed by atoms with Crippen molar-refractivity contribution in [3.05, 3.63) is 57.2 Å². The molecule has 0 nitrogen and oxygen atoms in total. The van der Waals surface area contributed by atoms with Crippen LogP contribution in [0.3, 0.4) is 0 Å². The smallest absolute Gasteiger partial charge is 0.0634 e. The molecule has 0 amide bonds. The van der Waals surface area contributed by atoms with Crippen molar-refractivity contribution in [2.45, 2.75) is 11.8 Å². The molecular weight excluding hydrogens is 247 g/mol. The molecule has 78 valence electrons. The van der Waals surface area contributed by atoms with Gasteiger partial charge in [0.1, 0.15) is 0 Å². The highest BCUT2D eigenvalue weighted by Gasteiger charge is 2.10. The predicted molar refractivity (Wildman–Crippen MR) is 68.1 cm³/mol. The van der Waals surface area contributed by atoms with Gasteiger partial charge in [-0.05, 0) is 40.4 Å². The van der Waals surface area contributed by atoms with Crippen molar-refractivity contribution in [3.8, 4) is 0 Å². The first-order valence-electron chi connectivity index (χ1n) is 4.67. The summed E-state index contributed by atoms with van der Waals surface area (Å²) in [6.45, 7) is 0. The number of rotatable bonds is 3. The fourth-order valence-corrected chi connectivity index (χ4v) is 2.73. The van der Waals surface area contributed by atoms with Gasteiger partial charge in [0.25, 0.3) is 0 Å². The molecule has 0 fully saturated rings. The monoisotopic (exact) mass is 256 g/mol. The van der Waals surface area contributed by atoms with Crippen molar-refractivity contribution < 1.29 is 0 Å². The van der Waals surface area contributed by atoms with Crippen LogP contribution in [0.2, 0.25) is 5.02 Å². The van der Waals surface area contributed by atoms with Crippen molar-refractivity contribution in [1.82, 2.24) is 0 Å². The van der Waals surface area contributed by atoms with E-state index in [-0.39, 0.29) is 5.38 Å². The van der Waals surface area contributed by atoms with Crippen LogP contribution in [0, 0.1) is 0 Å². The van der Waals surface area contributed by atoms with Crippen LogP contribution < -0.4 is 0 Å². The van der Waals surface area contributed by atoms with Gasteiger partial charge in [0.2, 0.25) is 0 Å². The molecule has 2 rings (SSSR count). The van der Waals surface area contributed by atoms with Gasteiger partial charge in [-0.3, -0.25) is 0 Å². The van der Waals surface area contributed by atoms with E-state index in [4.69, 9.17) is 23.2 Å². The number of alkyl halides is 1. The molecule has 0 saturated heterocycles. The quantitative estimate of drug-likeness (QED) is 0.684. The largest absolute Gasteiger partial charge is 0.152 e. The Labute approximate surface area is 103 Å². The van der Waals surface area contributed by atoms with Crippen LogP contribution in [0.1, 0.15) is 16.5 Å². The zero-order valence-electron chi connectivity index (χ0n) is 7.99. The molecule has 2 aromatic rings. The van der Waals surface area contributed by atoms with Crippen molar-refractivity contribution in [2.24, 2.45) is 0 Å². The number of halogens is 2. The van der Waals surface area contributed by atoms with Gasteiger partial charge in [-0.25, -0.2) is 0 Å². The summed E-state index contributed by atoms with van der Waals surface area (Å²) in [7, 11) is 0. The van der Waals surface area contributed by atoms with Gasteiger partial charge in [-0.15, -0.1) is 11.6 Å². The standard InChI is InChI=1S/C12H10Cl2S/c13-11-4-2-1-3-9(11)7-12(14)10-5-6-15-8-10/h1-6,8,12H,7H2. The van der Waals surface area contributed by atoms with Gasteiger partial charge in [0.05, 0.1) is 5.38 Å². The first-order chi connectivity index (χ1) is 7.27. The van der Waals surface area contributed by atoms with Gasteiger partial charge in [0.15, 0.2) is 0 Å². The fraction of sp³-hybridized carbons (Fsp3) is 0.167. The molecule has 0 aliphatic carbocycles. The number of thiophene rings is 1. The summed E-state index contributed by atoms with van der Waals surface area (Å²) >= 11 is 14.0. The van der Waals surface area contributed by atoms with E-state index in [1.54, 1.807) is 11.3 Å². The maximum absolute atomic E-state index is 6.30. The zero-order chi connectivity index (χ0) is 10.7. The Balaban J connectivity index is 2.13. The third-order valence-corrected chi connectivity index (χ3v) is 3.74. The van der Waals surface area contributed by atoms with E-state index in [0.29, 0.717) is 0 Å². The van der Waals surface area contributed by atoms with Crippen LogP contribution in [0.25, 0.3) is 0 Å². The molecule has 0 bridgehead atoms. The highest BCUT2D eigenvalue weighted by atomic mass is 35.5. The summed E-state index contributed by atoms with van der Waals surface area (Å²) in [5, 5.41) is 4.92. The molecule has 0 aliphatic heterocycles. The summed E-state index contributed by atoms with van der Waals surface area (Å²) in [4.78, 5) is 0. The summed E-state index contributed by atoms with van der Waals surface area (Å²) < 4.78 is 0. The Bertz CT molecular complexity index is 423. The fourth-order valence-electron chi connectivity index (χ4n) is 1.43. The van der Waals surface area contributed by atoms with Crippen LogP contribution in [0.15, 0.2) is 41.1 Å². The molecule has 1 unspecified atom stereocenters. The molecule has 0 N–H and O–H groups in total. The van der Waals surface area contributed by atoms with E-state index in [0.717, 1.165) is 17.0 Å². The van der Waals surface area contributed by atoms with E-state index < -0.39 is 0 Å². The lowest BCUT2D eigenvalue weighted by atomic mass is 10.1. The first kappa shape index (κ1) is 11.0. The minimum Gasteiger partial charge on any atom is -0.152 e. The minimum absolute atomic E-state index is 0.0103. The maximum Gasteiger partial charge on any atom is 0.0634 e. The summed E-state index contributed by atoms with van der Waals surface area (Å²) in [6.07, 6.45) is 0.776. The normalized spacial score (nSPS) is 12.7. The SMILES string of the molecule is Clc1ccccc1CC(Cl)c1ccsc1. The van der Waals surface area contributed by atoms with Gasteiger partial charge in [-0.1, -0.05) is 29.8 Å². The first-order valence-corrected chi connectivity index (χ1v) is 6.42. The Morgan fingerprint density at radius 2 is 2.00 bits per heavy atom. The Morgan fingerprint density at radius 1 is 1.20 bits per heavy atom. The van der Waals surface area contributed by atoms with Crippen LogP contribution in [0.4, 0.5) is 0 Å². The van der Waals surface area contributed by atoms with Crippen LogP contribution in [0.5, 0.6) is 0 Å². The third-order valence-electron chi connectivity index (χ3n) is 2.26. The van der Waals surface area contributed by atoms with Gasteiger partial charge >= 0.3 is 0 Å². The topological polar surface area (TPSA) is 0 Å². The number of hydrogen-bond acceptors (Lipinski definition) is 1. The lowest BCUT2D eigenvalue weighted by Crippen LogP contribution is -1.94. The summed E-state index contributed by atoms with van der Waals surface area (Å²) in [5.74, 6) is 0. The van der Waals surface area contributed by atoms with Crippen molar-refractivity contribution in [1.29, 1.82) is 0 Å². The van der Waals surface area contributed by atoms with Crippen molar-refractivity contribution in [2.75, 3.05) is 0 Å². The van der Waals surface area contributed by atoms with Crippen LogP contribution in [-0.2, 0) is 6.42 Å². The molecule has 15 heavy (non-hydrogen) atoms. The summed E-state index contributed by atoms with van der Waals surface area (Å²) in [5.41, 5.74) is 2.27. The average molecular weight is 257 g/mol. The number of hydrogen-bond donors (Lipinski definition) is 0. The molecule has 1 heterocycles. The van der Waals surface area contributed by atoms with Gasteiger partial charge in [0, 0.05) is 5.02 Å². The predicted octanol–water partition coefficient (Wildman–Crippen LogP) is 4.92. The van der Waals surface area contributed by atoms with E-state index in [1.807, 2.05) is 29.6 Å². The zero-order valence-corrected chi connectivity index (χ0v) is 10.3. The van der Waals surface area contributed by atoms with Gasteiger partial charge in [-0.2, -0.15) is 11.3 Å².